The van der Waals surface area contributed by atoms with E-state index in [-0.39, 0.29) is 6.54 Å². The lowest BCUT2D eigenvalue weighted by Crippen LogP contribution is -2.36. The average Bonchev–Trinajstić information content (AvgIpc) is 2.23. The van der Waals surface area contributed by atoms with Crippen LogP contribution in [0.15, 0.2) is 22.7 Å². The number of nitrogens with two attached hydrogens (primary N) is 1. The van der Waals surface area contributed by atoms with Crippen LogP contribution in [-0.4, -0.2) is 18.2 Å². The van der Waals surface area contributed by atoms with Crippen molar-refractivity contribution in [2.24, 2.45) is 5.73 Å². The third-order valence-corrected chi connectivity index (χ3v) is 2.93. The van der Waals surface area contributed by atoms with Gasteiger partial charge in [-0.25, -0.2) is 9.18 Å². The smallest absolute Gasteiger partial charge is 0.407 e. The molecule has 3 N–H and O–H groups in total. The van der Waals surface area contributed by atoms with Crippen LogP contribution in [0.1, 0.15) is 32.4 Å². The summed E-state index contributed by atoms with van der Waals surface area (Å²) in [6.45, 7) is 5.38. The molecule has 19 heavy (non-hydrogen) atoms. The number of carbonyl (C=O) groups is 1. The minimum Gasteiger partial charge on any atom is -0.444 e. The van der Waals surface area contributed by atoms with E-state index in [1.54, 1.807) is 32.9 Å². The summed E-state index contributed by atoms with van der Waals surface area (Å²) in [6.07, 6.45) is -0.574. The number of amides is 1. The molecule has 1 amide bonds. The first-order chi connectivity index (χ1) is 8.70. The lowest BCUT2D eigenvalue weighted by molar-refractivity contribution is 0.0524. The van der Waals surface area contributed by atoms with Crippen molar-refractivity contribution >= 4 is 22.0 Å². The number of ether oxygens (including phenoxy) is 1. The van der Waals surface area contributed by atoms with Crippen LogP contribution in [0.25, 0.3) is 0 Å². The van der Waals surface area contributed by atoms with E-state index >= 15 is 0 Å². The van der Waals surface area contributed by atoms with E-state index < -0.39 is 23.6 Å². The van der Waals surface area contributed by atoms with Crippen LogP contribution in [0.4, 0.5) is 9.18 Å². The summed E-state index contributed by atoms with van der Waals surface area (Å²) in [5.41, 5.74) is 5.62. The second-order valence-corrected chi connectivity index (χ2v) is 5.98. The molecule has 0 aliphatic rings. The number of hydrogen-bond donors (Lipinski definition) is 2. The maximum absolute atomic E-state index is 13.6. The van der Waals surface area contributed by atoms with Crippen LogP contribution in [0.2, 0.25) is 0 Å². The number of benzene rings is 1. The van der Waals surface area contributed by atoms with E-state index in [0.717, 1.165) is 0 Å². The van der Waals surface area contributed by atoms with E-state index in [9.17, 15) is 9.18 Å². The molecule has 0 radical (unpaired) electrons. The molecule has 0 aliphatic heterocycles. The van der Waals surface area contributed by atoms with E-state index in [1.807, 2.05) is 0 Å². The van der Waals surface area contributed by atoms with Crippen molar-refractivity contribution in [2.75, 3.05) is 6.54 Å². The molecule has 0 spiro atoms. The van der Waals surface area contributed by atoms with Gasteiger partial charge in [0.05, 0.1) is 6.04 Å². The van der Waals surface area contributed by atoms with E-state index in [4.69, 9.17) is 10.5 Å². The van der Waals surface area contributed by atoms with Crippen molar-refractivity contribution in [3.8, 4) is 0 Å². The van der Waals surface area contributed by atoms with Crippen LogP contribution in [-0.2, 0) is 4.74 Å². The molecule has 1 aromatic rings. The molecule has 0 saturated heterocycles. The second kappa shape index (κ2) is 6.34. The van der Waals surface area contributed by atoms with E-state index in [0.29, 0.717) is 10.0 Å². The van der Waals surface area contributed by atoms with Gasteiger partial charge in [0.1, 0.15) is 11.4 Å². The summed E-state index contributed by atoms with van der Waals surface area (Å²) >= 11 is 3.24. The number of hydrogen-bond acceptors (Lipinski definition) is 3. The SMILES string of the molecule is CC(C)(C)OC(=O)NCC(N)c1c(F)cccc1Br. The van der Waals surface area contributed by atoms with Gasteiger partial charge in [-0.15, -0.1) is 0 Å². The quantitative estimate of drug-likeness (QED) is 0.893. The zero-order valence-corrected chi connectivity index (χ0v) is 12.8. The van der Waals surface area contributed by atoms with Gasteiger partial charge in [0.25, 0.3) is 0 Å². The zero-order chi connectivity index (χ0) is 14.6. The van der Waals surface area contributed by atoms with Gasteiger partial charge in [0.2, 0.25) is 0 Å². The standard InChI is InChI=1S/C13H18BrFN2O2/c1-13(2,3)19-12(18)17-7-10(16)11-8(14)5-4-6-9(11)15/h4-6,10H,7,16H2,1-3H3,(H,17,18). The molecule has 0 aromatic heterocycles. The molecule has 1 unspecified atom stereocenters. The van der Waals surface area contributed by atoms with E-state index in [2.05, 4.69) is 21.2 Å². The van der Waals surface area contributed by atoms with Gasteiger partial charge >= 0.3 is 6.09 Å². The van der Waals surface area contributed by atoms with Crippen LogP contribution >= 0.6 is 15.9 Å². The largest absolute Gasteiger partial charge is 0.444 e. The Morgan fingerprint density at radius 1 is 1.53 bits per heavy atom. The van der Waals surface area contributed by atoms with Crippen LogP contribution in [0.3, 0.4) is 0 Å². The Kier molecular flexibility index (Phi) is 5.31. The average molecular weight is 333 g/mol. The molecule has 1 aromatic carbocycles. The molecule has 0 bridgehead atoms. The third-order valence-electron chi connectivity index (χ3n) is 2.24. The third kappa shape index (κ3) is 5.16. The van der Waals surface area contributed by atoms with E-state index in [1.165, 1.54) is 6.07 Å². The lowest BCUT2D eigenvalue weighted by Gasteiger charge is -2.21. The summed E-state index contributed by atoms with van der Waals surface area (Å²) < 4.78 is 19.3. The molecule has 0 heterocycles. The Morgan fingerprint density at radius 3 is 2.68 bits per heavy atom. The summed E-state index contributed by atoms with van der Waals surface area (Å²) in [5, 5.41) is 2.52. The molecule has 1 atom stereocenters. The first-order valence-electron chi connectivity index (χ1n) is 5.87. The second-order valence-electron chi connectivity index (χ2n) is 5.12. The molecule has 4 nitrogen and oxygen atoms in total. The van der Waals surface area contributed by atoms with Gasteiger partial charge in [-0.1, -0.05) is 22.0 Å². The van der Waals surface area contributed by atoms with Crippen LogP contribution in [0, 0.1) is 5.82 Å². The van der Waals surface area contributed by atoms with Gasteiger partial charge in [0.15, 0.2) is 0 Å². The predicted molar refractivity (Wildman–Crippen MR) is 75.3 cm³/mol. The summed E-state index contributed by atoms with van der Waals surface area (Å²) in [7, 11) is 0. The highest BCUT2D eigenvalue weighted by Gasteiger charge is 2.19. The minimum absolute atomic E-state index is 0.0917. The minimum atomic E-state index is -0.650. The Morgan fingerprint density at radius 2 is 2.16 bits per heavy atom. The first kappa shape index (κ1) is 15.9. The molecular weight excluding hydrogens is 315 g/mol. The number of nitrogens with one attached hydrogen (secondary N) is 1. The summed E-state index contributed by atoms with van der Waals surface area (Å²) in [6, 6.07) is 3.96. The Labute approximate surface area is 120 Å². The van der Waals surface area contributed by atoms with Gasteiger partial charge in [0, 0.05) is 16.6 Å². The summed E-state index contributed by atoms with van der Waals surface area (Å²) in [5.74, 6) is -0.409. The normalized spacial score (nSPS) is 12.9. The van der Waals surface area contributed by atoms with Crippen molar-refractivity contribution in [3.63, 3.8) is 0 Å². The van der Waals surface area contributed by atoms with Crippen molar-refractivity contribution in [2.45, 2.75) is 32.4 Å². The Bertz CT molecular complexity index is 440. The van der Waals surface area contributed by atoms with Gasteiger partial charge in [-0.3, -0.25) is 0 Å². The number of carbonyl (C=O) groups excluding carboxylic acids is 1. The number of alkyl carbamates (subject to hydrolysis) is 1. The molecule has 6 heteroatoms. The molecule has 106 valence electrons. The van der Waals surface area contributed by atoms with Crippen LogP contribution in [0.5, 0.6) is 0 Å². The molecule has 0 aliphatic carbocycles. The summed E-state index contributed by atoms with van der Waals surface area (Å²) in [4.78, 5) is 11.5. The van der Waals surface area contributed by atoms with Crippen molar-refractivity contribution < 1.29 is 13.9 Å². The monoisotopic (exact) mass is 332 g/mol. The van der Waals surface area contributed by atoms with Crippen molar-refractivity contribution in [1.82, 2.24) is 5.32 Å². The predicted octanol–water partition coefficient (Wildman–Crippen LogP) is 3.11. The fourth-order valence-electron chi connectivity index (χ4n) is 1.47. The Hall–Kier alpha value is -1.14. The molecule has 1 rings (SSSR count). The highest BCUT2D eigenvalue weighted by molar-refractivity contribution is 9.10. The first-order valence-corrected chi connectivity index (χ1v) is 6.66. The van der Waals surface area contributed by atoms with Crippen molar-refractivity contribution in [3.05, 3.63) is 34.1 Å². The molecule has 0 fully saturated rings. The lowest BCUT2D eigenvalue weighted by atomic mass is 10.1. The topological polar surface area (TPSA) is 64.3 Å². The number of rotatable bonds is 3. The van der Waals surface area contributed by atoms with Gasteiger partial charge in [-0.2, -0.15) is 0 Å². The fourth-order valence-corrected chi connectivity index (χ4v) is 2.11. The van der Waals surface area contributed by atoms with Gasteiger partial charge in [-0.05, 0) is 32.9 Å². The van der Waals surface area contributed by atoms with Gasteiger partial charge < -0.3 is 15.8 Å². The molecule has 0 saturated carbocycles. The maximum atomic E-state index is 13.6. The molecular formula is C13H18BrFN2O2. The highest BCUT2D eigenvalue weighted by Crippen LogP contribution is 2.24. The number of halogens is 2. The van der Waals surface area contributed by atoms with Crippen LogP contribution < -0.4 is 11.1 Å². The Balaban J connectivity index is 2.61. The maximum Gasteiger partial charge on any atom is 0.407 e. The van der Waals surface area contributed by atoms with Crippen molar-refractivity contribution in [1.29, 1.82) is 0 Å². The highest BCUT2D eigenvalue weighted by atomic mass is 79.9. The fraction of sp³-hybridized carbons (Fsp3) is 0.462. The zero-order valence-electron chi connectivity index (χ0n) is 11.2.